The molecule has 3 N–H and O–H groups in total. The minimum Gasteiger partial charge on any atom is -0.460 e. The molecule has 1 amide bonds. The van der Waals surface area contributed by atoms with Crippen molar-refractivity contribution in [1.82, 2.24) is 5.32 Å². The van der Waals surface area contributed by atoms with Gasteiger partial charge in [-0.25, -0.2) is 4.79 Å². The summed E-state index contributed by atoms with van der Waals surface area (Å²) in [5.74, 6) is -0.0237. The van der Waals surface area contributed by atoms with Crippen molar-refractivity contribution in [3.8, 4) is 11.5 Å². The van der Waals surface area contributed by atoms with Gasteiger partial charge in [0.1, 0.15) is 18.6 Å². The van der Waals surface area contributed by atoms with Crippen molar-refractivity contribution < 1.29 is 34.1 Å². The van der Waals surface area contributed by atoms with E-state index in [9.17, 15) is 15.0 Å². The van der Waals surface area contributed by atoms with E-state index in [4.69, 9.17) is 24.2 Å². The summed E-state index contributed by atoms with van der Waals surface area (Å²) in [6.07, 6.45) is 21.5. The lowest BCUT2D eigenvalue weighted by molar-refractivity contribution is -0.223. The molecule has 0 aromatic heterocycles. The number of allylic oxidation sites excluding steroid dienone is 1. The molecule has 0 spiro atoms. The molecule has 3 aromatic carbocycles. The number of hydrogen-bond acceptors (Lipinski definition) is 9. The number of fused-ring (bicyclic) bond motifs is 3. The van der Waals surface area contributed by atoms with Crippen LogP contribution in [0.25, 0.3) is 10.8 Å². The molecule has 1 fully saturated rings. The van der Waals surface area contributed by atoms with Gasteiger partial charge in [0, 0.05) is 42.6 Å². The Morgan fingerprint density at radius 3 is 2.34 bits per heavy atom. The fourth-order valence-corrected chi connectivity index (χ4v) is 11.3. The Bertz CT molecular complexity index is 1920. The zero-order valence-electron chi connectivity index (χ0n) is 36.7. The molecule has 1 aliphatic heterocycles. The van der Waals surface area contributed by atoms with Crippen molar-refractivity contribution in [2.75, 3.05) is 33.5 Å². The molecule has 3 aromatic rings. The SMILES string of the molecule is C=CCOC12Oc3ccc(OC(=O)NCCCCCCCCCCCC)cc3C3C(CCCCO)C(CCCCO)C=C(C(=NOC)CC1Sc1ccc4ccccc4c1)C32. The molecule has 0 radical (unpaired) electrons. The number of carbonyl (C=O) groups is 1. The normalized spacial score (nSPS) is 23.4. The minimum absolute atomic E-state index is 0.105. The zero-order valence-corrected chi connectivity index (χ0v) is 37.5. The number of unbranched alkanes of at least 4 members (excludes halogenated alkanes) is 11. The molecule has 61 heavy (non-hydrogen) atoms. The Morgan fingerprint density at radius 1 is 0.902 bits per heavy atom. The van der Waals surface area contributed by atoms with Gasteiger partial charge in [0.2, 0.25) is 5.79 Å². The van der Waals surface area contributed by atoms with Gasteiger partial charge in [-0.2, -0.15) is 0 Å². The van der Waals surface area contributed by atoms with Crippen molar-refractivity contribution in [1.29, 1.82) is 0 Å². The van der Waals surface area contributed by atoms with Gasteiger partial charge in [-0.05, 0) is 90.6 Å². The maximum atomic E-state index is 13.2. The Morgan fingerprint density at radius 2 is 1.62 bits per heavy atom. The summed E-state index contributed by atoms with van der Waals surface area (Å²) in [7, 11) is 1.60. The third kappa shape index (κ3) is 12.0. The highest BCUT2D eigenvalue weighted by atomic mass is 32.2. The van der Waals surface area contributed by atoms with Crippen molar-refractivity contribution in [2.45, 2.75) is 138 Å². The second kappa shape index (κ2) is 24.1. The van der Waals surface area contributed by atoms with E-state index < -0.39 is 11.9 Å². The van der Waals surface area contributed by atoms with Crippen molar-refractivity contribution in [3.63, 3.8) is 0 Å². The predicted octanol–water partition coefficient (Wildman–Crippen LogP) is 11.9. The highest BCUT2D eigenvalue weighted by Crippen LogP contribution is 2.63. The number of thioether (sulfide) groups is 1. The first-order valence-corrected chi connectivity index (χ1v) is 24.1. The highest BCUT2D eigenvalue weighted by Gasteiger charge is 2.64. The number of benzene rings is 3. The minimum atomic E-state index is -1.11. The van der Waals surface area contributed by atoms with Gasteiger partial charge in [-0.15, -0.1) is 18.3 Å². The smallest absolute Gasteiger partial charge is 0.412 e. The number of hydrogen-bond donors (Lipinski definition) is 3. The van der Waals surface area contributed by atoms with Gasteiger partial charge in [-0.1, -0.05) is 125 Å². The van der Waals surface area contributed by atoms with E-state index >= 15 is 0 Å². The molecule has 6 unspecified atom stereocenters. The molecular formula is C51H70N2O7S. The quantitative estimate of drug-likeness (QED) is 0.0415. The van der Waals surface area contributed by atoms with Crippen LogP contribution in [-0.2, 0) is 9.57 Å². The lowest BCUT2D eigenvalue weighted by atomic mass is 9.56. The molecule has 2 aliphatic carbocycles. The number of rotatable bonds is 26. The molecule has 0 bridgehead atoms. The zero-order chi connectivity index (χ0) is 42.9. The standard InChI is InChI=1S/C51H70N2O7S/c1-4-6-7-8-9-10-11-12-13-18-29-52-50(56)59-40-26-28-46-44(35-40)48-42(24-17-20-31-55)39(23-16-19-30-54)34-43-45(53-57-3)36-47(51(60-46,49(43)48)58-32-5-2)61-41-27-25-37-21-14-15-22-38(37)33-41/h5,14-15,21-22,25-28,33-35,39,42,47-49,54-55H,2,4,6-13,16-20,23-24,29-32,36H2,1,3H3,(H,52,56). The summed E-state index contributed by atoms with van der Waals surface area (Å²) in [5, 5.41) is 29.6. The van der Waals surface area contributed by atoms with E-state index in [1.54, 1.807) is 24.9 Å². The second-order valence-electron chi connectivity index (χ2n) is 17.1. The van der Waals surface area contributed by atoms with Crippen molar-refractivity contribution in [3.05, 3.63) is 90.5 Å². The van der Waals surface area contributed by atoms with E-state index in [2.05, 4.69) is 67.4 Å². The molecule has 6 atom stereocenters. The summed E-state index contributed by atoms with van der Waals surface area (Å²) >= 11 is 1.74. The van der Waals surface area contributed by atoms with Crippen LogP contribution < -0.4 is 14.8 Å². The number of aliphatic hydroxyl groups excluding tert-OH is 2. The van der Waals surface area contributed by atoms with Gasteiger partial charge >= 0.3 is 6.09 Å². The van der Waals surface area contributed by atoms with Crippen LogP contribution in [0.4, 0.5) is 4.79 Å². The van der Waals surface area contributed by atoms with Crippen LogP contribution in [0.3, 0.4) is 0 Å². The van der Waals surface area contributed by atoms with Gasteiger partial charge in [-0.3, -0.25) is 0 Å². The molecule has 0 saturated heterocycles. The maximum absolute atomic E-state index is 13.2. The van der Waals surface area contributed by atoms with Gasteiger partial charge in [0.25, 0.3) is 0 Å². The molecule has 6 rings (SSSR count). The first kappa shape index (κ1) is 46.7. The Kier molecular flexibility index (Phi) is 18.5. The Hall–Kier alpha value is -3.83. The highest BCUT2D eigenvalue weighted by molar-refractivity contribution is 8.00. The number of carbonyl (C=O) groups excluding carboxylic acids is 1. The number of amides is 1. The first-order chi connectivity index (χ1) is 30.0. The molecule has 9 nitrogen and oxygen atoms in total. The van der Waals surface area contributed by atoms with Gasteiger partial charge in [0.05, 0.1) is 23.5 Å². The van der Waals surface area contributed by atoms with Crippen LogP contribution in [0.15, 0.2) is 95.0 Å². The number of nitrogens with zero attached hydrogens (tertiary/aromatic N) is 1. The number of aliphatic hydroxyl groups is 2. The third-order valence-corrected chi connectivity index (χ3v) is 14.1. The molecule has 10 heteroatoms. The Balaban J connectivity index is 1.32. The molecule has 332 valence electrons. The van der Waals surface area contributed by atoms with Crippen LogP contribution in [0.2, 0.25) is 0 Å². The summed E-state index contributed by atoms with van der Waals surface area (Å²) in [4.78, 5) is 19.9. The van der Waals surface area contributed by atoms with E-state index in [0.717, 1.165) is 72.1 Å². The first-order valence-electron chi connectivity index (χ1n) is 23.2. The summed E-state index contributed by atoms with van der Waals surface area (Å²) in [6.45, 7) is 7.44. The Labute approximate surface area is 368 Å². The van der Waals surface area contributed by atoms with E-state index in [0.29, 0.717) is 30.9 Å². The van der Waals surface area contributed by atoms with E-state index in [1.807, 2.05) is 18.2 Å². The van der Waals surface area contributed by atoms with Crippen LogP contribution in [0.5, 0.6) is 11.5 Å². The average molecular weight is 855 g/mol. The lowest BCUT2D eigenvalue weighted by Gasteiger charge is -2.58. The van der Waals surface area contributed by atoms with Crippen molar-refractivity contribution >= 4 is 34.3 Å². The average Bonchev–Trinajstić information content (AvgIpc) is 3.27. The third-order valence-electron chi connectivity index (χ3n) is 12.8. The summed E-state index contributed by atoms with van der Waals surface area (Å²) in [5.41, 5.74) is 2.91. The number of nitrogens with one attached hydrogen (secondary N) is 1. The number of ether oxygens (including phenoxy) is 3. The molecule has 1 saturated carbocycles. The maximum Gasteiger partial charge on any atom is 0.412 e. The van der Waals surface area contributed by atoms with Crippen LogP contribution in [0, 0.1) is 17.8 Å². The largest absolute Gasteiger partial charge is 0.460 e. The van der Waals surface area contributed by atoms with Gasteiger partial charge < -0.3 is 34.6 Å². The van der Waals surface area contributed by atoms with E-state index in [-0.39, 0.29) is 48.7 Å². The predicted molar refractivity (Wildman–Crippen MR) is 248 cm³/mol. The number of oxime groups is 1. The van der Waals surface area contributed by atoms with E-state index in [1.165, 1.54) is 56.8 Å². The van der Waals surface area contributed by atoms with Crippen LogP contribution in [0.1, 0.15) is 128 Å². The van der Waals surface area contributed by atoms with Crippen LogP contribution in [-0.4, -0.2) is 66.5 Å². The van der Waals surface area contributed by atoms with Gasteiger partial charge in [0.15, 0.2) is 0 Å². The van der Waals surface area contributed by atoms with Crippen LogP contribution >= 0.6 is 11.8 Å². The summed E-state index contributed by atoms with van der Waals surface area (Å²) in [6, 6.07) is 20.7. The summed E-state index contributed by atoms with van der Waals surface area (Å²) < 4.78 is 20.4. The lowest BCUT2D eigenvalue weighted by Crippen LogP contribution is -2.64. The monoisotopic (exact) mass is 854 g/mol. The molecule has 1 heterocycles. The van der Waals surface area contributed by atoms with Crippen molar-refractivity contribution in [2.24, 2.45) is 22.9 Å². The second-order valence-corrected chi connectivity index (χ2v) is 18.3. The molecule has 3 aliphatic rings. The molecular weight excluding hydrogens is 785 g/mol. The topological polar surface area (TPSA) is 119 Å². The fraction of sp³-hybridized carbons (Fsp3) is 0.569. The fourth-order valence-electron chi connectivity index (χ4n) is 9.95.